The van der Waals surface area contributed by atoms with E-state index in [0.717, 1.165) is 0 Å². The van der Waals surface area contributed by atoms with E-state index < -0.39 is 110 Å². The average Bonchev–Trinajstić information content (AvgIpc) is 2.80. The van der Waals surface area contributed by atoms with E-state index in [1.54, 1.807) is 0 Å². The van der Waals surface area contributed by atoms with Crippen LogP contribution in [0, 0.1) is 0 Å². The lowest BCUT2D eigenvalue weighted by atomic mass is 9.88. The molecule has 0 aromatic heterocycles. The Morgan fingerprint density at radius 1 is 0.267 bits per heavy atom. The number of halogens is 26. The summed E-state index contributed by atoms with van der Waals surface area (Å²) in [6.45, 7) is -2.66. The van der Waals surface area contributed by atoms with Crippen LogP contribution in [0.4, 0.5) is 114 Å². The molecule has 0 atom stereocenters. The topological polar surface area (TPSA) is 12.0 Å². The van der Waals surface area contributed by atoms with E-state index in [1.165, 1.54) is 5.32 Å². The molecule has 0 saturated heterocycles. The second kappa shape index (κ2) is 12.0. The van der Waals surface area contributed by atoms with Crippen LogP contribution in [-0.2, 0) is 0 Å². The van der Waals surface area contributed by atoms with Crippen molar-refractivity contribution in [2.75, 3.05) is 13.1 Å². The standard InChI is InChI=1S/C18H13F26N/c19-7(20,3-1-5-45-6-2-4-8(21,22)10(25,26)15(35,36)17(39,40)41)9(23,24)11(27,28)12(29,30)13(31,32)14(33,34)16(37,38)18(42,43)44/h45H,1-6H2. The van der Waals surface area contributed by atoms with Crippen molar-refractivity contribution in [3.8, 4) is 0 Å². The smallest absolute Gasteiger partial charge is 0.317 e. The number of rotatable bonds is 16. The van der Waals surface area contributed by atoms with Crippen LogP contribution >= 0.6 is 0 Å². The molecule has 0 aliphatic heterocycles. The maximum atomic E-state index is 13.7. The van der Waals surface area contributed by atoms with Crippen molar-refractivity contribution in [1.82, 2.24) is 5.32 Å². The molecule has 0 amide bonds. The van der Waals surface area contributed by atoms with Gasteiger partial charge in [-0.15, -0.1) is 0 Å². The molecule has 45 heavy (non-hydrogen) atoms. The molecule has 0 heterocycles. The Bertz CT molecular complexity index is 987. The van der Waals surface area contributed by atoms with Gasteiger partial charge >= 0.3 is 71.6 Å². The molecule has 1 N–H and O–H groups in total. The lowest BCUT2D eigenvalue weighted by Crippen LogP contribution is -2.74. The number of hydrogen-bond acceptors (Lipinski definition) is 1. The summed E-state index contributed by atoms with van der Waals surface area (Å²) in [6, 6.07) is 0. The monoisotopic (exact) mass is 737 g/mol. The van der Waals surface area contributed by atoms with Crippen LogP contribution in [0.15, 0.2) is 0 Å². The average molecular weight is 737 g/mol. The minimum atomic E-state index is -8.83. The molecular weight excluding hydrogens is 724 g/mol. The number of hydrogen-bond donors (Lipinski definition) is 1. The van der Waals surface area contributed by atoms with Crippen LogP contribution in [0.2, 0.25) is 0 Å². The first-order valence-corrected chi connectivity index (χ1v) is 10.8. The quantitative estimate of drug-likeness (QED) is 0.123. The summed E-state index contributed by atoms with van der Waals surface area (Å²) in [6.07, 6.45) is -23.9. The van der Waals surface area contributed by atoms with Crippen molar-refractivity contribution in [2.45, 2.75) is 97.3 Å². The van der Waals surface area contributed by atoms with Crippen molar-refractivity contribution >= 4 is 0 Å². The zero-order valence-corrected chi connectivity index (χ0v) is 20.6. The summed E-state index contributed by atoms with van der Waals surface area (Å²) in [4.78, 5) is 0. The summed E-state index contributed by atoms with van der Waals surface area (Å²) < 4.78 is 338. The zero-order valence-electron chi connectivity index (χ0n) is 20.6. The predicted octanol–water partition coefficient (Wildman–Crippen LogP) is 9.61. The fourth-order valence-corrected chi connectivity index (χ4v) is 2.91. The molecule has 0 fully saturated rings. The molecule has 0 radical (unpaired) electrons. The Kier molecular flexibility index (Phi) is 11.5. The molecule has 0 unspecified atom stereocenters. The van der Waals surface area contributed by atoms with Crippen LogP contribution in [0.1, 0.15) is 25.7 Å². The molecule has 272 valence electrons. The van der Waals surface area contributed by atoms with Gasteiger partial charge in [0.05, 0.1) is 0 Å². The minimum Gasteiger partial charge on any atom is -0.317 e. The highest BCUT2D eigenvalue weighted by atomic mass is 19.4. The third-order valence-corrected chi connectivity index (χ3v) is 5.69. The fraction of sp³-hybridized carbons (Fsp3) is 1.00. The predicted molar refractivity (Wildman–Crippen MR) is 92.9 cm³/mol. The lowest BCUT2D eigenvalue weighted by Gasteiger charge is -2.42. The Labute approximate surface area is 231 Å². The second-order valence-electron chi connectivity index (χ2n) is 8.96. The maximum absolute atomic E-state index is 13.7. The van der Waals surface area contributed by atoms with E-state index in [0.29, 0.717) is 0 Å². The van der Waals surface area contributed by atoms with Crippen LogP contribution in [0.5, 0.6) is 0 Å². The summed E-state index contributed by atoms with van der Waals surface area (Å²) in [7, 11) is 0. The normalized spacial score (nSPS) is 16.4. The number of alkyl halides is 26. The number of nitrogens with one attached hydrogen (secondary N) is 1. The third-order valence-electron chi connectivity index (χ3n) is 5.69. The Morgan fingerprint density at radius 2 is 0.467 bits per heavy atom. The summed E-state index contributed by atoms with van der Waals surface area (Å²) in [5.74, 6) is -78.4. The summed E-state index contributed by atoms with van der Waals surface area (Å²) in [5.41, 5.74) is 0. The Balaban J connectivity index is 5.63. The van der Waals surface area contributed by atoms with E-state index in [9.17, 15) is 114 Å². The first kappa shape index (κ1) is 43.1. The van der Waals surface area contributed by atoms with Gasteiger partial charge in [0, 0.05) is 12.8 Å². The highest BCUT2D eigenvalue weighted by Crippen LogP contribution is 2.64. The first-order chi connectivity index (χ1) is 19.2. The van der Waals surface area contributed by atoms with E-state index in [1.807, 2.05) is 0 Å². The first-order valence-electron chi connectivity index (χ1n) is 10.8. The van der Waals surface area contributed by atoms with Crippen molar-refractivity contribution < 1.29 is 114 Å². The molecule has 0 spiro atoms. The van der Waals surface area contributed by atoms with Gasteiger partial charge in [-0.25, -0.2) is 0 Å². The third kappa shape index (κ3) is 6.77. The fourth-order valence-electron chi connectivity index (χ4n) is 2.91. The summed E-state index contributed by atoms with van der Waals surface area (Å²) in [5, 5.41) is 1.54. The lowest BCUT2D eigenvalue weighted by molar-refractivity contribution is -0.461. The Hall–Kier alpha value is -1.86. The van der Waals surface area contributed by atoms with E-state index in [4.69, 9.17) is 0 Å². The van der Waals surface area contributed by atoms with Gasteiger partial charge in [-0.2, -0.15) is 114 Å². The maximum Gasteiger partial charge on any atom is 0.460 e. The van der Waals surface area contributed by atoms with Crippen molar-refractivity contribution in [3.05, 3.63) is 0 Å². The van der Waals surface area contributed by atoms with Gasteiger partial charge in [-0.1, -0.05) is 0 Å². The largest absolute Gasteiger partial charge is 0.460 e. The van der Waals surface area contributed by atoms with Crippen LogP contribution in [0.3, 0.4) is 0 Å². The molecule has 0 saturated carbocycles. The van der Waals surface area contributed by atoms with E-state index >= 15 is 0 Å². The van der Waals surface area contributed by atoms with Crippen LogP contribution in [0.25, 0.3) is 0 Å². The van der Waals surface area contributed by atoms with Gasteiger partial charge < -0.3 is 5.32 Å². The van der Waals surface area contributed by atoms with Crippen molar-refractivity contribution in [3.63, 3.8) is 0 Å². The van der Waals surface area contributed by atoms with Gasteiger partial charge in [-0.05, 0) is 25.9 Å². The second-order valence-corrected chi connectivity index (χ2v) is 8.96. The van der Waals surface area contributed by atoms with Crippen molar-refractivity contribution in [2.24, 2.45) is 0 Å². The minimum absolute atomic E-state index is 1.27. The van der Waals surface area contributed by atoms with Crippen LogP contribution < -0.4 is 5.32 Å². The molecule has 1 nitrogen and oxygen atoms in total. The SMILES string of the molecule is FC(F)(F)C(F)(F)C(F)(F)C(F)(F)CCCNCCCC(F)(F)C(F)(F)C(F)(F)C(F)(F)C(F)(F)C(F)(F)C(F)(F)C(F)(F)F. The van der Waals surface area contributed by atoms with Gasteiger partial charge in [0.2, 0.25) is 0 Å². The zero-order chi connectivity index (χ0) is 36.9. The van der Waals surface area contributed by atoms with Gasteiger partial charge in [-0.3, -0.25) is 0 Å². The molecule has 0 aromatic carbocycles. The molecule has 27 heteroatoms. The van der Waals surface area contributed by atoms with E-state index in [-0.39, 0.29) is 0 Å². The van der Waals surface area contributed by atoms with Gasteiger partial charge in [0.1, 0.15) is 0 Å². The molecule has 0 aromatic rings. The highest BCUT2D eigenvalue weighted by Gasteiger charge is 2.95. The molecule has 0 aliphatic rings. The molecule has 0 rings (SSSR count). The van der Waals surface area contributed by atoms with Crippen LogP contribution in [-0.4, -0.2) is 84.7 Å². The molecule has 0 aliphatic carbocycles. The van der Waals surface area contributed by atoms with E-state index in [2.05, 4.69) is 0 Å². The summed E-state index contributed by atoms with van der Waals surface area (Å²) >= 11 is 0. The van der Waals surface area contributed by atoms with Gasteiger partial charge in [0.15, 0.2) is 0 Å². The molecular formula is C18H13F26N. The Morgan fingerprint density at radius 3 is 0.733 bits per heavy atom. The van der Waals surface area contributed by atoms with Crippen molar-refractivity contribution in [1.29, 1.82) is 0 Å². The van der Waals surface area contributed by atoms with Gasteiger partial charge in [0.25, 0.3) is 0 Å². The highest BCUT2D eigenvalue weighted by molar-refractivity contribution is 5.15. The molecule has 0 bridgehead atoms.